The standard InChI is InChI=1S/C19H27N3O3/c1-13(2)18(20-15(4)24)19(25)22-11-9-21(10-12-22)17-7-5-16(6-8-17)14(3)23/h5-8,13,18H,9-12H2,1-4H3,(H,20,24). The van der Waals surface area contributed by atoms with E-state index in [1.165, 1.54) is 6.92 Å². The summed E-state index contributed by atoms with van der Waals surface area (Å²) in [5.74, 6) is -0.0961. The summed E-state index contributed by atoms with van der Waals surface area (Å²) in [7, 11) is 0. The molecule has 1 fully saturated rings. The Bertz CT molecular complexity index is 632. The van der Waals surface area contributed by atoms with E-state index in [1.807, 2.05) is 43.0 Å². The largest absolute Gasteiger partial charge is 0.368 e. The van der Waals surface area contributed by atoms with Crippen LogP contribution in [0.15, 0.2) is 24.3 Å². The Balaban J connectivity index is 1.97. The molecule has 6 heteroatoms. The van der Waals surface area contributed by atoms with Crippen LogP contribution >= 0.6 is 0 Å². The number of piperazine rings is 1. The molecule has 25 heavy (non-hydrogen) atoms. The highest BCUT2D eigenvalue weighted by Crippen LogP contribution is 2.18. The number of carbonyl (C=O) groups is 3. The number of ketones is 1. The number of Topliss-reactive ketones (excluding diaryl/α,β-unsaturated/α-hetero) is 1. The van der Waals surface area contributed by atoms with Crippen molar-refractivity contribution in [3.63, 3.8) is 0 Å². The number of amides is 2. The summed E-state index contributed by atoms with van der Waals surface area (Å²) in [5, 5.41) is 2.76. The maximum absolute atomic E-state index is 12.7. The highest BCUT2D eigenvalue weighted by molar-refractivity contribution is 5.94. The first-order valence-electron chi connectivity index (χ1n) is 8.71. The third-order valence-corrected chi connectivity index (χ3v) is 4.52. The Morgan fingerprint density at radius 1 is 0.960 bits per heavy atom. The number of benzene rings is 1. The van der Waals surface area contributed by atoms with Crippen LogP contribution in [0, 0.1) is 5.92 Å². The summed E-state index contributed by atoms with van der Waals surface area (Å²) in [6, 6.07) is 7.09. The molecule has 1 unspecified atom stereocenters. The zero-order valence-corrected chi connectivity index (χ0v) is 15.4. The summed E-state index contributed by atoms with van der Waals surface area (Å²) >= 11 is 0. The van der Waals surface area contributed by atoms with E-state index in [-0.39, 0.29) is 23.5 Å². The molecule has 0 spiro atoms. The van der Waals surface area contributed by atoms with Crippen molar-refractivity contribution in [2.45, 2.75) is 33.7 Å². The van der Waals surface area contributed by atoms with E-state index in [4.69, 9.17) is 0 Å². The van der Waals surface area contributed by atoms with Gasteiger partial charge < -0.3 is 15.1 Å². The van der Waals surface area contributed by atoms with E-state index in [2.05, 4.69) is 10.2 Å². The van der Waals surface area contributed by atoms with Crippen molar-refractivity contribution in [2.24, 2.45) is 5.92 Å². The van der Waals surface area contributed by atoms with Crippen LogP contribution in [0.3, 0.4) is 0 Å². The monoisotopic (exact) mass is 345 g/mol. The van der Waals surface area contributed by atoms with Gasteiger partial charge in [0.2, 0.25) is 11.8 Å². The number of carbonyl (C=O) groups excluding carboxylic acids is 3. The Morgan fingerprint density at radius 2 is 1.52 bits per heavy atom. The fourth-order valence-electron chi connectivity index (χ4n) is 3.02. The average Bonchev–Trinajstić information content (AvgIpc) is 2.59. The quantitative estimate of drug-likeness (QED) is 0.825. The SMILES string of the molecule is CC(=O)NC(C(=O)N1CCN(c2ccc(C(C)=O)cc2)CC1)C(C)C. The van der Waals surface area contributed by atoms with E-state index < -0.39 is 6.04 Å². The van der Waals surface area contributed by atoms with Crippen molar-refractivity contribution in [1.29, 1.82) is 0 Å². The maximum atomic E-state index is 12.7. The lowest BCUT2D eigenvalue weighted by molar-refractivity contribution is -0.137. The van der Waals surface area contributed by atoms with Gasteiger partial charge in [0.05, 0.1) is 0 Å². The van der Waals surface area contributed by atoms with Crippen molar-refractivity contribution >= 4 is 23.3 Å². The number of nitrogens with one attached hydrogen (secondary N) is 1. The van der Waals surface area contributed by atoms with Crippen LogP contribution in [-0.2, 0) is 9.59 Å². The number of hydrogen-bond donors (Lipinski definition) is 1. The number of hydrogen-bond acceptors (Lipinski definition) is 4. The summed E-state index contributed by atoms with van der Waals surface area (Å²) in [5.41, 5.74) is 1.76. The van der Waals surface area contributed by atoms with Crippen molar-refractivity contribution in [3.8, 4) is 0 Å². The van der Waals surface area contributed by atoms with Crippen LogP contribution in [0.2, 0.25) is 0 Å². The van der Waals surface area contributed by atoms with Crippen LogP contribution in [0.5, 0.6) is 0 Å². The molecule has 0 saturated carbocycles. The minimum atomic E-state index is -0.473. The van der Waals surface area contributed by atoms with Gasteiger partial charge >= 0.3 is 0 Å². The summed E-state index contributed by atoms with van der Waals surface area (Å²) in [6.45, 7) is 9.57. The van der Waals surface area contributed by atoms with Gasteiger partial charge in [-0.05, 0) is 37.1 Å². The molecule has 136 valence electrons. The van der Waals surface area contributed by atoms with Gasteiger partial charge in [0.1, 0.15) is 6.04 Å². The van der Waals surface area contributed by atoms with E-state index in [1.54, 1.807) is 6.92 Å². The minimum Gasteiger partial charge on any atom is -0.368 e. The first-order chi connectivity index (χ1) is 11.8. The molecule has 0 radical (unpaired) electrons. The van der Waals surface area contributed by atoms with E-state index in [0.29, 0.717) is 18.7 Å². The molecule has 2 amide bonds. The Morgan fingerprint density at radius 3 is 1.96 bits per heavy atom. The van der Waals surface area contributed by atoms with Gasteiger partial charge in [0.15, 0.2) is 5.78 Å². The number of nitrogens with zero attached hydrogens (tertiary/aromatic N) is 2. The Labute approximate surface area is 149 Å². The van der Waals surface area contributed by atoms with Gasteiger partial charge in [-0.3, -0.25) is 14.4 Å². The van der Waals surface area contributed by atoms with Crippen LogP contribution in [-0.4, -0.2) is 54.7 Å². The lowest BCUT2D eigenvalue weighted by Gasteiger charge is -2.38. The van der Waals surface area contributed by atoms with E-state index in [0.717, 1.165) is 18.8 Å². The molecule has 0 bridgehead atoms. The molecule has 0 aliphatic carbocycles. The molecule has 2 rings (SSSR count). The number of anilines is 1. The van der Waals surface area contributed by atoms with E-state index in [9.17, 15) is 14.4 Å². The van der Waals surface area contributed by atoms with Crippen molar-refractivity contribution in [2.75, 3.05) is 31.1 Å². The zero-order chi connectivity index (χ0) is 18.6. The van der Waals surface area contributed by atoms with Gasteiger partial charge in [-0.1, -0.05) is 13.8 Å². The zero-order valence-electron chi connectivity index (χ0n) is 15.4. The molecule has 1 aromatic rings. The van der Waals surface area contributed by atoms with Crippen LogP contribution < -0.4 is 10.2 Å². The van der Waals surface area contributed by atoms with Gasteiger partial charge in [-0.2, -0.15) is 0 Å². The van der Waals surface area contributed by atoms with Crippen molar-refractivity contribution in [3.05, 3.63) is 29.8 Å². The first kappa shape index (κ1) is 19.0. The average molecular weight is 345 g/mol. The second-order valence-corrected chi connectivity index (χ2v) is 6.84. The molecule has 1 N–H and O–H groups in total. The lowest BCUT2D eigenvalue weighted by atomic mass is 10.0. The molecule has 1 atom stereocenters. The van der Waals surface area contributed by atoms with Crippen molar-refractivity contribution in [1.82, 2.24) is 10.2 Å². The lowest BCUT2D eigenvalue weighted by Crippen LogP contribution is -2.56. The van der Waals surface area contributed by atoms with Crippen LogP contribution in [0.25, 0.3) is 0 Å². The third-order valence-electron chi connectivity index (χ3n) is 4.52. The van der Waals surface area contributed by atoms with Gasteiger partial charge in [0.25, 0.3) is 0 Å². The highest BCUT2D eigenvalue weighted by Gasteiger charge is 2.30. The minimum absolute atomic E-state index is 0.0169. The topological polar surface area (TPSA) is 69.7 Å². The summed E-state index contributed by atoms with van der Waals surface area (Å²) in [4.78, 5) is 39.4. The molecule has 1 heterocycles. The fraction of sp³-hybridized carbons (Fsp3) is 0.526. The maximum Gasteiger partial charge on any atom is 0.245 e. The fourth-order valence-corrected chi connectivity index (χ4v) is 3.02. The predicted octanol–water partition coefficient (Wildman–Crippen LogP) is 1.70. The molecular weight excluding hydrogens is 318 g/mol. The van der Waals surface area contributed by atoms with Gasteiger partial charge in [-0.25, -0.2) is 0 Å². The van der Waals surface area contributed by atoms with Gasteiger partial charge in [-0.15, -0.1) is 0 Å². The van der Waals surface area contributed by atoms with E-state index >= 15 is 0 Å². The second-order valence-electron chi connectivity index (χ2n) is 6.84. The predicted molar refractivity (Wildman–Crippen MR) is 97.7 cm³/mol. The van der Waals surface area contributed by atoms with Crippen molar-refractivity contribution < 1.29 is 14.4 Å². The molecule has 1 aliphatic heterocycles. The summed E-state index contributed by atoms with van der Waals surface area (Å²) < 4.78 is 0. The van der Waals surface area contributed by atoms with Crippen LogP contribution in [0.4, 0.5) is 5.69 Å². The Kier molecular flexibility index (Phi) is 6.17. The molecule has 1 saturated heterocycles. The second kappa shape index (κ2) is 8.14. The molecule has 1 aliphatic rings. The number of rotatable bonds is 5. The smallest absolute Gasteiger partial charge is 0.245 e. The van der Waals surface area contributed by atoms with Crippen LogP contribution in [0.1, 0.15) is 38.1 Å². The first-order valence-corrected chi connectivity index (χ1v) is 8.71. The Hall–Kier alpha value is -2.37. The summed E-state index contributed by atoms with van der Waals surface area (Å²) in [6.07, 6.45) is 0. The van der Waals surface area contributed by atoms with Gasteiger partial charge in [0, 0.05) is 44.4 Å². The molecule has 6 nitrogen and oxygen atoms in total. The third kappa shape index (κ3) is 4.81. The highest BCUT2D eigenvalue weighted by atomic mass is 16.2. The molecule has 0 aromatic heterocycles. The molecule has 1 aromatic carbocycles. The molecular formula is C19H27N3O3. The normalized spacial score (nSPS) is 15.9.